The molecular formula is C17H27F3N2O4. The molecule has 1 N–H and O–H groups in total. The van der Waals surface area contributed by atoms with E-state index in [0.717, 1.165) is 39.1 Å². The maximum absolute atomic E-state index is 12.5. The molecule has 0 aliphatic carbocycles. The number of carboxylic acids is 1. The zero-order chi connectivity index (χ0) is 19.5. The molecule has 26 heavy (non-hydrogen) atoms. The predicted octanol–water partition coefficient (Wildman–Crippen LogP) is 1.99. The van der Waals surface area contributed by atoms with Crippen LogP contribution in [0.4, 0.5) is 13.2 Å². The normalized spacial score (nSPS) is 28.8. The molecule has 0 unspecified atom stereocenters. The van der Waals surface area contributed by atoms with E-state index in [2.05, 4.69) is 23.6 Å². The first-order chi connectivity index (χ1) is 12.1. The molecule has 3 atom stereocenters. The fraction of sp³-hybridized carbons (Fsp3) is 0.882. The molecule has 9 heteroatoms. The van der Waals surface area contributed by atoms with E-state index in [1.807, 2.05) is 0 Å². The summed E-state index contributed by atoms with van der Waals surface area (Å²) in [4.78, 5) is 26.0. The summed E-state index contributed by atoms with van der Waals surface area (Å²) in [6, 6.07) is 0. The van der Waals surface area contributed by atoms with E-state index in [1.165, 1.54) is 12.8 Å². The Bertz CT molecular complexity index is 507. The molecule has 150 valence electrons. The van der Waals surface area contributed by atoms with Crippen molar-refractivity contribution in [1.82, 2.24) is 9.80 Å². The van der Waals surface area contributed by atoms with Crippen molar-refractivity contribution in [2.24, 2.45) is 11.8 Å². The van der Waals surface area contributed by atoms with E-state index in [0.29, 0.717) is 11.8 Å². The Kier molecular flexibility index (Phi) is 6.90. The lowest BCUT2D eigenvalue weighted by Gasteiger charge is -2.34. The Labute approximate surface area is 151 Å². The Morgan fingerprint density at radius 1 is 1.19 bits per heavy atom. The number of fused-ring (bicyclic) bond motifs is 2. The van der Waals surface area contributed by atoms with Crippen molar-refractivity contribution < 1.29 is 32.6 Å². The van der Waals surface area contributed by atoms with E-state index in [1.54, 1.807) is 0 Å². The van der Waals surface area contributed by atoms with Crippen molar-refractivity contribution in [2.45, 2.75) is 51.5 Å². The van der Waals surface area contributed by atoms with Gasteiger partial charge in [-0.05, 0) is 25.2 Å². The molecule has 3 heterocycles. The summed E-state index contributed by atoms with van der Waals surface area (Å²) in [5.74, 6) is -1.59. The van der Waals surface area contributed by atoms with Crippen LogP contribution in [-0.2, 0) is 14.3 Å². The minimum absolute atomic E-state index is 0.125. The van der Waals surface area contributed by atoms with Gasteiger partial charge in [0.25, 0.3) is 0 Å². The highest BCUT2D eigenvalue weighted by molar-refractivity contribution is 5.80. The molecule has 3 saturated heterocycles. The smallest absolute Gasteiger partial charge is 0.475 e. The zero-order valence-corrected chi connectivity index (χ0v) is 15.2. The Morgan fingerprint density at radius 2 is 1.77 bits per heavy atom. The predicted molar refractivity (Wildman–Crippen MR) is 87.6 cm³/mol. The van der Waals surface area contributed by atoms with Crippen LogP contribution in [0.1, 0.15) is 33.1 Å². The lowest BCUT2D eigenvalue weighted by molar-refractivity contribution is -0.192. The molecule has 3 rings (SSSR count). The van der Waals surface area contributed by atoms with Crippen LogP contribution in [0.15, 0.2) is 0 Å². The van der Waals surface area contributed by atoms with Gasteiger partial charge in [-0.25, -0.2) is 4.79 Å². The molecule has 0 aromatic heterocycles. The van der Waals surface area contributed by atoms with E-state index in [-0.39, 0.29) is 18.1 Å². The number of rotatable bonds is 3. The zero-order valence-electron chi connectivity index (χ0n) is 15.2. The largest absolute Gasteiger partial charge is 0.490 e. The van der Waals surface area contributed by atoms with Gasteiger partial charge in [0.15, 0.2) is 0 Å². The molecule has 3 aliphatic rings. The highest BCUT2D eigenvalue weighted by Gasteiger charge is 2.46. The number of alkyl halides is 3. The van der Waals surface area contributed by atoms with Crippen LogP contribution < -0.4 is 0 Å². The molecule has 0 aromatic carbocycles. The highest BCUT2D eigenvalue weighted by atomic mass is 19.4. The molecule has 6 nitrogen and oxygen atoms in total. The van der Waals surface area contributed by atoms with Crippen LogP contribution >= 0.6 is 0 Å². The lowest BCUT2D eigenvalue weighted by Crippen LogP contribution is -2.46. The van der Waals surface area contributed by atoms with Gasteiger partial charge in [-0.1, -0.05) is 13.8 Å². The molecule has 0 aromatic rings. The Hall–Kier alpha value is -1.35. The number of ether oxygens (including phenoxy) is 1. The highest BCUT2D eigenvalue weighted by Crippen LogP contribution is 2.34. The van der Waals surface area contributed by atoms with Gasteiger partial charge in [-0.2, -0.15) is 13.2 Å². The second-order valence-electron chi connectivity index (χ2n) is 7.59. The van der Waals surface area contributed by atoms with Gasteiger partial charge >= 0.3 is 12.1 Å². The molecule has 2 bridgehead atoms. The topological polar surface area (TPSA) is 70.1 Å². The Balaban J connectivity index is 0.000000298. The van der Waals surface area contributed by atoms with E-state index in [9.17, 15) is 18.0 Å². The van der Waals surface area contributed by atoms with Crippen LogP contribution in [0.3, 0.4) is 0 Å². The van der Waals surface area contributed by atoms with Gasteiger partial charge in [0.2, 0.25) is 5.91 Å². The van der Waals surface area contributed by atoms with Gasteiger partial charge in [0.05, 0.1) is 18.1 Å². The number of hydrogen-bond acceptors (Lipinski definition) is 4. The number of halogens is 3. The van der Waals surface area contributed by atoms with Crippen molar-refractivity contribution in [3.8, 4) is 0 Å². The minimum atomic E-state index is -5.08. The minimum Gasteiger partial charge on any atom is -0.475 e. The quantitative estimate of drug-likeness (QED) is 0.811. The molecule has 3 aliphatic heterocycles. The average molecular weight is 380 g/mol. The third-order valence-corrected chi connectivity index (χ3v) is 4.83. The number of nitrogens with zero attached hydrogens (tertiary/aromatic N) is 2. The first-order valence-corrected chi connectivity index (χ1v) is 9.04. The van der Waals surface area contributed by atoms with Crippen LogP contribution in [0.5, 0.6) is 0 Å². The van der Waals surface area contributed by atoms with Crippen LogP contribution in [-0.4, -0.2) is 77.9 Å². The molecule has 0 saturated carbocycles. The second-order valence-corrected chi connectivity index (χ2v) is 7.59. The van der Waals surface area contributed by atoms with Crippen LogP contribution in [0, 0.1) is 11.8 Å². The van der Waals surface area contributed by atoms with Gasteiger partial charge in [0.1, 0.15) is 0 Å². The molecular weight excluding hydrogens is 353 g/mol. The fourth-order valence-electron chi connectivity index (χ4n) is 3.83. The number of morpholine rings is 1. The Morgan fingerprint density at radius 3 is 2.27 bits per heavy atom. The number of aliphatic carboxylic acids is 1. The number of likely N-dealkylation sites (tertiary alicyclic amines) is 2. The van der Waals surface area contributed by atoms with E-state index in [4.69, 9.17) is 14.6 Å². The first-order valence-electron chi connectivity index (χ1n) is 9.04. The summed E-state index contributed by atoms with van der Waals surface area (Å²) in [5.41, 5.74) is 0. The molecule has 0 spiro atoms. The third kappa shape index (κ3) is 5.57. The summed E-state index contributed by atoms with van der Waals surface area (Å²) < 4.78 is 37.7. The maximum atomic E-state index is 12.5. The SMILES string of the molecule is CC(C)CN1C[C@H]2C[C@H](C(=O)N3CCCC3)[C@@H](C1)O2.O=C(O)C(F)(F)F. The number of carboxylic acid groups (broad SMARTS) is 1. The monoisotopic (exact) mass is 380 g/mol. The standard InChI is InChI=1S/C15H26N2O2.C2HF3O2/c1-11(2)8-16-9-12-7-13(14(10-16)19-12)15(18)17-5-3-4-6-17;3-2(4,5)1(6)7/h11-14H,3-10H2,1-2H3;(H,6,7)/t12-,13+,14-;/m1./s1. The van der Waals surface area contributed by atoms with Crippen molar-refractivity contribution in [1.29, 1.82) is 0 Å². The number of amides is 1. The van der Waals surface area contributed by atoms with Gasteiger partial charge < -0.3 is 14.7 Å². The van der Waals surface area contributed by atoms with Crippen molar-refractivity contribution in [2.75, 3.05) is 32.7 Å². The fourth-order valence-corrected chi connectivity index (χ4v) is 3.83. The van der Waals surface area contributed by atoms with Crippen molar-refractivity contribution >= 4 is 11.9 Å². The summed E-state index contributed by atoms with van der Waals surface area (Å²) in [7, 11) is 0. The molecule has 3 fully saturated rings. The van der Waals surface area contributed by atoms with Crippen LogP contribution in [0.25, 0.3) is 0 Å². The third-order valence-electron chi connectivity index (χ3n) is 4.83. The lowest BCUT2D eigenvalue weighted by atomic mass is 9.99. The molecule has 1 amide bonds. The number of carbonyl (C=O) groups is 2. The number of carbonyl (C=O) groups excluding carboxylic acids is 1. The van der Waals surface area contributed by atoms with E-state index < -0.39 is 12.1 Å². The number of hydrogen-bond donors (Lipinski definition) is 1. The van der Waals surface area contributed by atoms with Crippen LogP contribution in [0.2, 0.25) is 0 Å². The average Bonchev–Trinajstić information content (AvgIpc) is 3.13. The van der Waals surface area contributed by atoms with Crippen molar-refractivity contribution in [3.05, 3.63) is 0 Å². The molecule has 0 radical (unpaired) electrons. The summed E-state index contributed by atoms with van der Waals surface area (Å²) in [6.45, 7) is 9.51. The van der Waals surface area contributed by atoms with Gasteiger partial charge in [-0.3, -0.25) is 9.69 Å². The van der Waals surface area contributed by atoms with Gasteiger partial charge in [-0.15, -0.1) is 0 Å². The van der Waals surface area contributed by atoms with E-state index >= 15 is 0 Å². The maximum Gasteiger partial charge on any atom is 0.490 e. The summed E-state index contributed by atoms with van der Waals surface area (Å²) in [6.07, 6.45) is -1.37. The second kappa shape index (κ2) is 8.56. The van der Waals surface area contributed by atoms with Crippen molar-refractivity contribution in [3.63, 3.8) is 0 Å². The summed E-state index contributed by atoms with van der Waals surface area (Å²) >= 11 is 0. The summed E-state index contributed by atoms with van der Waals surface area (Å²) in [5, 5.41) is 7.12. The van der Waals surface area contributed by atoms with Gasteiger partial charge in [0, 0.05) is 32.7 Å². The first kappa shape index (κ1) is 21.0.